The Bertz CT molecular complexity index is 681. The molecule has 2 N–H and O–H groups in total. The normalized spacial score (nSPS) is 20.4. The Balaban J connectivity index is 1.51. The molecule has 5 nitrogen and oxygen atoms in total. The molecule has 5 heteroatoms. The van der Waals surface area contributed by atoms with Crippen molar-refractivity contribution in [2.45, 2.75) is 52.1 Å². The quantitative estimate of drug-likeness (QED) is 0.849. The maximum Gasteiger partial charge on any atom is 0.315 e. The van der Waals surface area contributed by atoms with E-state index in [2.05, 4.69) is 29.5 Å². The second kappa shape index (κ2) is 8.19. The first-order valence-corrected chi connectivity index (χ1v) is 9.18. The van der Waals surface area contributed by atoms with E-state index in [-0.39, 0.29) is 18.6 Å². The summed E-state index contributed by atoms with van der Waals surface area (Å²) in [5, 5.41) is 6.00. The number of benzene rings is 1. The number of oxazole rings is 1. The van der Waals surface area contributed by atoms with E-state index in [0.29, 0.717) is 23.5 Å². The Labute approximate surface area is 149 Å². The molecule has 1 aromatic heterocycles. The van der Waals surface area contributed by atoms with Gasteiger partial charge in [-0.25, -0.2) is 9.78 Å². The summed E-state index contributed by atoms with van der Waals surface area (Å²) in [6.07, 6.45) is 6.41. The van der Waals surface area contributed by atoms with Crippen LogP contribution < -0.4 is 10.6 Å². The Morgan fingerprint density at radius 1 is 1.24 bits per heavy atom. The number of aromatic nitrogens is 1. The van der Waals surface area contributed by atoms with Gasteiger partial charge in [0.05, 0.1) is 12.7 Å². The number of carbonyl (C=O) groups is 1. The second-order valence-corrected chi connectivity index (χ2v) is 7.11. The molecule has 2 atom stereocenters. The molecule has 1 aliphatic rings. The average molecular weight is 341 g/mol. The molecule has 0 aliphatic heterocycles. The van der Waals surface area contributed by atoms with Gasteiger partial charge in [-0.3, -0.25) is 0 Å². The minimum absolute atomic E-state index is 0.142. The number of carbonyl (C=O) groups excluding carboxylic acids is 1. The summed E-state index contributed by atoms with van der Waals surface area (Å²) in [7, 11) is 0. The number of amides is 2. The van der Waals surface area contributed by atoms with E-state index < -0.39 is 0 Å². The molecule has 1 aromatic carbocycles. The van der Waals surface area contributed by atoms with Gasteiger partial charge < -0.3 is 15.1 Å². The Kier molecular flexibility index (Phi) is 5.74. The van der Waals surface area contributed by atoms with Crippen LogP contribution in [0, 0.1) is 11.8 Å². The van der Waals surface area contributed by atoms with Crippen molar-refractivity contribution in [3.8, 4) is 11.3 Å². The summed E-state index contributed by atoms with van der Waals surface area (Å²) >= 11 is 0. The third-order valence-corrected chi connectivity index (χ3v) is 5.00. The molecule has 2 amide bonds. The lowest BCUT2D eigenvalue weighted by molar-refractivity contribution is 0.193. The first-order valence-electron chi connectivity index (χ1n) is 9.18. The molecular weight excluding hydrogens is 314 g/mol. The average Bonchev–Trinajstić information content (AvgIpc) is 3.10. The number of hydrogen-bond acceptors (Lipinski definition) is 3. The highest BCUT2D eigenvalue weighted by Gasteiger charge is 2.28. The van der Waals surface area contributed by atoms with E-state index in [9.17, 15) is 4.79 Å². The number of urea groups is 1. The van der Waals surface area contributed by atoms with Crippen molar-refractivity contribution < 1.29 is 9.21 Å². The summed E-state index contributed by atoms with van der Waals surface area (Å²) in [5.41, 5.74) is 0.979. The zero-order chi connectivity index (χ0) is 17.6. The van der Waals surface area contributed by atoms with Crippen LogP contribution in [-0.4, -0.2) is 17.1 Å². The molecule has 2 aromatic rings. The molecule has 0 radical (unpaired) electrons. The van der Waals surface area contributed by atoms with Crippen molar-refractivity contribution in [1.29, 1.82) is 0 Å². The topological polar surface area (TPSA) is 67.2 Å². The van der Waals surface area contributed by atoms with Crippen molar-refractivity contribution >= 4 is 6.03 Å². The van der Waals surface area contributed by atoms with Crippen LogP contribution in [0.2, 0.25) is 0 Å². The van der Waals surface area contributed by atoms with Gasteiger partial charge in [0.2, 0.25) is 5.89 Å². The predicted octanol–water partition coefficient (Wildman–Crippen LogP) is 4.36. The number of hydrogen-bond donors (Lipinski definition) is 2. The van der Waals surface area contributed by atoms with E-state index in [1.807, 2.05) is 30.3 Å². The lowest BCUT2D eigenvalue weighted by Crippen LogP contribution is -2.47. The molecule has 1 aliphatic carbocycles. The van der Waals surface area contributed by atoms with Crippen LogP contribution in [0.4, 0.5) is 4.79 Å². The molecule has 0 bridgehead atoms. The van der Waals surface area contributed by atoms with Crippen molar-refractivity contribution in [3.63, 3.8) is 0 Å². The van der Waals surface area contributed by atoms with Gasteiger partial charge in [0, 0.05) is 11.6 Å². The van der Waals surface area contributed by atoms with Gasteiger partial charge >= 0.3 is 6.03 Å². The fraction of sp³-hybridized carbons (Fsp3) is 0.500. The molecule has 3 rings (SSSR count). The zero-order valence-corrected chi connectivity index (χ0v) is 15.0. The van der Waals surface area contributed by atoms with Crippen LogP contribution in [0.3, 0.4) is 0 Å². The van der Waals surface area contributed by atoms with Gasteiger partial charge in [0.25, 0.3) is 0 Å². The number of nitrogens with zero attached hydrogens (tertiary/aromatic N) is 1. The van der Waals surface area contributed by atoms with Gasteiger partial charge in [-0.1, -0.05) is 57.0 Å². The second-order valence-electron chi connectivity index (χ2n) is 7.11. The minimum Gasteiger partial charge on any atom is -0.439 e. The highest BCUT2D eigenvalue weighted by molar-refractivity contribution is 5.74. The summed E-state index contributed by atoms with van der Waals surface area (Å²) < 4.78 is 5.72. The van der Waals surface area contributed by atoms with Gasteiger partial charge in [0.1, 0.15) is 0 Å². The molecule has 2 unspecified atom stereocenters. The van der Waals surface area contributed by atoms with Gasteiger partial charge in [-0.05, 0) is 24.7 Å². The predicted molar refractivity (Wildman–Crippen MR) is 97.9 cm³/mol. The summed E-state index contributed by atoms with van der Waals surface area (Å²) in [6, 6.07) is 9.94. The van der Waals surface area contributed by atoms with Crippen LogP contribution in [0.15, 0.2) is 40.9 Å². The van der Waals surface area contributed by atoms with E-state index in [1.165, 1.54) is 19.3 Å². The smallest absolute Gasteiger partial charge is 0.315 e. The molecule has 1 fully saturated rings. The van der Waals surface area contributed by atoms with E-state index in [1.54, 1.807) is 6.20 Å². The molecular formula is C20H27N3O2. The van der Waals surface area contributed by atoms with E-state index >= 15 is 0 Å². The van der Waals surface area contributed by atoms with Crippen LogP contribution in [0.1, 0.15) is 45.4 Å². The summed E-state index contributed by atoms with van der Waals surface area (Å²) in [4.78, 5) is 16.5. The van der Waals surface area contributed by atoms with Crippen LogP contribution in [-0.2, 0) is 6.54 Å². The Hall–Kier alpha value is -2.30. The highest BCUT2D eigenvalue weighted by Crippen LogP contribution is 2.30. The maximum absolute atomic E-state index is 12.2. The monoisotopic (exact) mass is 341 g/mol. The van der Waals surface area contributed by atoms with Gasteiger partial charge in [-0.15, -0.1) is 0 Å². The minimum atomic E-state index is -0.142. The maximum atomic E-state index is 12.2. The first kappa shape index (κ1) is 17.5. The molecule has 0 spiro atoms. The van der Waals surface area contributed by atoms with E-state index in [0.717, 1.165) is 12.0 Å². The van der Waals surface area contributed by atoms with Gasteiger partial charge in [0.15, 0.2) is 5.76 Å². The van der Waals surface area contributed by atoms with Crippen molar-refractivity contribution in [2.75, 3.05) is 0 Å². The lowest BCUT2D eigenvalue weighted by Gasteiger charge is -2.34. The fourth-order valence-electron chi connectivity index (χ4n) is 3.64. The summed E-state index contributed by atoms with van der Waals surface area (Å²) in [5.74, 6) is 2.37. The third-order valence-electron chi connectivity index (χ3n) is 5.00. The fourth-order valence-corrected chi connectivity index (χ4v) is 3.64. The standard InChI is InChI=1S/C20H27N3O2/c1-14(2)16-10-6-7-11-17(16)23-20(24)22-13-19-21-12-18(25-19)15-8-4-3-5-9-15/h3-5,8-9,12,14,16-17H,6-7,10-11,13H2,1-2H3,(H2,22,23,24). The van der Waals surface area contributed by atoms with Crippen LogP contribution >= 0.6 is 0 Å². The Morgan fingerprint density at radius 2 is 2.00 bits per heavy atom. The zero-order valence-electron chi connectivity index (χ0n) is 15.0. The van der Waals surface area contributed by atoms with Gasteiger partial charge in [-0.2, -0.15) is 0 Å². The van der Waals surface area contributed by atoms with Crippen LogP contribution in [0.5, 0.6) is 0 Å². The molecule has 0 saturated heterocycles. The van der Waals surface area contributed by atoms with Crippen molar-refractivity contribution in [3.05, 3.63) is 42.4 Å². The Morgan fingerprint density at radius 3 is 2.76 bits per heavy atom. The molecule has 1 saturated carbocycles. The molecule has 25 heavy (non-hydrogen) atoms. The third kappa shape index (κ3) is 4.62. The SMILES string of the molecule is CC(C)C1CCCCC1NC(=O)NCc1ncc(-c2ccccc2)o1. The highest BCUT2D eigenvalue weighted by atomic mass is 16.4. The lowest BCUT2D eigenvalue weighted by atomic mass is 9.78. The molecule has 134 valence electrons. The van der Waals surface area contributed by atoms with Crippen LogP contribution in [0.25, 0.3) is 11.3 Å². The number of rotatable bonds is 5. The first-order chi connectivity index (χ1) is 12.1. The summed E-state index contributed by atoms with van der Waals surface area (Å²) in [6.45, 7) is 4.76. The van der Waals surface area contributed by atoms with Crippen molar-refractivity contribution in [2.24, 2.45) is 11.8 Å². The van der Waals surface area contributed by atoms with Crippen molar-refractivity contribution in [1.82, 2.24) is 15.6 Å². The molecule has 1 heterocycles. The number of nitrogens with one attached hydrogen (secondary N) is 2. The van der Waals surface area contributed by atoms with E-state index in [4.69, 9.17) is 4.42 Å². The largest absolute Gasteiger partial charge is 0.439 e.